The molecule has 1 aromatic rings. The number of Topliss-reactive ketones (excluding diaryl/α,β-unsaturated/α-hetero) is 1. The van der Waals surface area contributed by atoms with Gasteiger partial charge in [-0.05, 0) is 19.3 Å². The van der Waals surface area contributed by atoms with Gasteiger partial charge < -0.3 is 0 Å². The third-order valence-corrected chi connectivity index (χ3v) is 5.23. The van der Waals surface area contributed by atoms with Crippen LogP contribution in [0.4, 0.5) is 0 Å². The van der Waals surface area contributed by atoms with Gasteiger partial charge >= 0.3 is 0 Å². The Morgan fingerprint density at radius 1 is 1.44 bits per heavy atom. The molecule has 0 radical (unpaired) electrons. The number of nitrogens with zero attached hydrogens (tertiary/aromatic N) is 2. The Morgan fingerprint density at radius 3 is 2.72 bits per heavy atom. The third kappa shape index (κ3) is 2.80. The minimum Gasteiger partial charge on any atom is -0.294 e. The molecule has 0 saturated heterocycles. The summed E-state index contributed by atoms with van der Waals surface area (Å²) in [6.45, 7) is 0. The number of aryl methyl sites for hydroxylation is 1. The van der Waals surface area contributed by atoms with Crippen LogP contribution in [0.5, 0.6) is 0 Å². The molecule has 2 unspecified atom stereocenters. The summed E-state index contributed by atoms with van der Waals surface area (Å²) in [5.74, 6) is -0.154. The van der Waals surface area contributed by atoms with Gasteiger partial charge in [0.15, 0.2) is 5.78 Å². The van der Waals surface area contributed by atoms with Gasteiger partial charge in [0.2, 0.25) is 0 Å². The Bertz CT molecular complexity index is 547. The van der Waals surface area contributed by atoms with Gasteiger partial charge in [0.25, 0.3) is 0 Å². The standard InChI is InChI=1S/C12H18N2O3S/c1-14-8-10(7-13-14)12(15)9-4-3-5-11(6-9)18(2,16)17/h7-9,11H,3-6H2,1-2H3. The van der Waals surface area contributed by atoms with Crippen molar-refractivity contribution in [2.24, 2.45) is 13.0 Å². The molecule has 0 aromatic carbocycles. The number of hydrogen-bond donors (Lipinski definition) is 0. The molecule has 0 bridgehead atoms. The maximum atomic E-state index is 12.2. The molecule has 100 valence electrons. The molecule has 0 spiro atoms. The van der Waals surface area contributed by atoms with Gasteiger partial charge in [0.1, 0.15) is 9.84 Å². The lowest BCUT2D eigenvalue weighted by Gasteiger charge is -2.26. The number of sulfone groups is 1. The molecule has 18 heavy (non-hydrogen) atoms. The summed E-state index contributed by atoms with van der Waals surface area (Å²) in [5.41, 5.74) is 0.580. The average Bonchev–Trinajstić information content (AvgIpc) is 2.74. The van der Waals surface area contributed by atoms with Gasteiger partial charge in [-0.2, -0.15) is 5.10 Å². The molecule has 1 heterocycles. The Labute approximate surface area is 107 Å². The van der Waals surface area contributed by atoms with E-state index < -0.39 is 9.84 Å². The quantitative estimate of drug-likeness (QED) is 0.774. The molecule has 0 N–H and O–H groups in total. The van der Waals surface area contributed by atoms with Crippen LogP contribution in [0.25, 0.3) is 0 Å². The smallest absolute Gasteiger partial charge is 0.169 e. The van der Waals surface area contributed by atoms with Crippen molar-refractivity contribution in [3.63, 3.8) is 0 Å². The highest BCUT2D eigenvalue weighted by Crippen LogP contribution is 2.30. The monoisotopic (exact) mass is 270 g/mol. The van der Waals surface area contributed by atoms with Crippen LogP contribution >= 0.6 is 0 Å². The van der Waals surface area contributed by atoms with E-state index in [2.05, 4.69) is 5.10 Å². The van der Waals surface area contributed by atoms with Gasteiger partial charge in [0.05, 0.1) is 17.0 Å². The first kappa shape index (κ1) is 13.3. The summed E-state index contributed by atoms with van der Waals surface area (Å²) < 4.78 is 24.7. The van der Waals surface area contributed by atoms with E-state index in [-0.39, 0.29) is 17.0 Å². The summed E-state index contributed by atoms with van der Waals surface area (Å²) >= 11 is 0. The second kappa shape index (κ2) is 4.84. The van der Waals surface area contributed by atoms with E-state index in [9.17, 15) is 13.2 Å². The van der Waals surface area contributed by atoms with E-state index >= 15 is 0 Å². The summed E-state index contributed by atoms with van der Waals surface area (Å²) in [4.78, 5) is 12.2. The highest BCUT2D eigenvalue weighted by molar-refractivity contribution is 7.91. The summed E-state index contributed by atoms with van der Waals surface area (Å²) in [6, 6.07) is 0. The van der Waals surface area contributed by atoms with Crippen molar-refractivity contribution in [1.29, 1.82) is 0 Å². The van der Waals surface area contributed by atoms with Crippen molar-refractivity contribution in [2.45, 2.75) is 30.9 Å². The number of carbonyl (C=O) groups is 1. The van der Waals surface area contributed by atoms with Crippen molar-refractivity contribution < 1.29 is 13.2 Å². The summed E-state index contributed by atoms with van der Waals surface area (Å²) in [7, 11) is -1.28. The second-order valence-corrected chi connectivity index (χ2v) is 7.41. The molecule has 0 amide bonds. The lowest BCUT2D eigenvalue weighted by molar-refractivity contribution is 0.0891. The van der Waals surface area contributed by atoms with Crippen molar-refractivity contribution in [1.82, 2.24) is 9.78 Å². The number of aromatic nitrogens is 2. The minimum absolute atomic E-state index is 0.0245. The molecular weight excluding hydrogens is 252 g/mol. The molecule has 1 aromatic heterocycles. The molecule has 1 saturated carbocycles. The lowest BCUT2D eigenvalue weighted by atomic mass is 9.84. The molecule has 5 nitrogen and oxygen atoms in total. The van der Waals surface area contributed by atoms with Crippen LogP contribution in [0, 0.1) is 5.92 Å². The Balaban J connectivity index is 2.12. The highest BCUT2D eigenvalue weighted by atomic mass is 32.2. The van der Waals surface area contributed by atoms with Gasteiger partial charge in [-0.3, -0.25) is 9.48 Å². The predicted octanol–water partition coefficient (Wildman–Crippen LogP) is 1.21. The molecule has 1 fully saturated rings. The van der Waals surface area contributed by atoms with Gasteiger partial charge in [0, 0.05) is 25.4 Å². The summed E-state index contributed by atoms with van der Waals surface area (Å²) in [6.07, 6.45) is 7.20. The molecule has 1 aliphatic rings. The number of hydrogen-bond acceptors (Lipinski definition) is 4. The molecule has 1 aliphatic carbocycles. The molecule has 0 aliphatic heterocycles. The van der Waals surface area contributed by atoms with E-state index in [1.807, 2.05) is 0 Å². The fraction of sp³-hybridized carbons (Fsp3) is 0.667. The molecule has 6 heteroatoms. The number of ketones is 1. The first-order valence-electron chi connectivity index (χ1n) is 6.09. The Kier molecular flexibility index (Phi) is 3.56. The van der Waals surface area contributed by atoms with Gasteiger partial charge in [-0.25, -0.2) is 8.42 Å². The molecule has 2 atom stereocenters. The third-order valence-electron chi connectivity index (χ3n) is 3.59. The molecule has 2 rings (SSSR count). The zero-order chi connectivity index (χ0) is 13.3. The largest absolute Gasteiger partial charge is 0.294 e. The number of rotatable bonds is 3. The van der Waals surface area contributed by atoms with E-state index in [1.54, 1.807) is 24.1 Å². The van der Waals surface area contributed by atoms with E-state index in [1.165, 1.54) is 6.26 Å². The van der Waals surface area contributed by atoms with Crippen LogP contribution in [-0.2, 0) is 16.9 Å². The fourth-order valence-electron chi connectivity index (χ4n) is 2.56. The van der Waals surface area contributed by atoms with Crippen LogP contribution in [0.15, 0.2) is 12.4 Å². The first-order valence-corrected chi connectivity index (χ1v) is 8.05. The highest BCUT2D eigenvalue weighted by Gasteiger charge is 2.33. The van der Waals surface area contributed by atoms with Crippen LogP contribution in [0.2, 0.25) is 0 Å². The van der Waals surface area contributed by atoms with Crippen molar-refractivity contribution in [3.05, 3.63) is 18.0 Å². The minimum atomic E-state index is -3.04. The van der Waals surface area contributed by atoms with E-state index in [4.69, 9.17) is 0 Å². The van der Waals surface area contributed by atoms with Gasteiger partial charge in [-0.15, -0.1) is 0 Å². The zero-order valence-electron chi connectivity index (χ0n) is 10.7. The van der Waals surface area contributed by atoms with Crippen LogP contribution in [0.3, 0.4) is 0 Å². The lowest BCUT2D eigenvalue weighted by Crippen LogP contribution is -2.31. The van der Waals surface area contributed by atoms with Crippen LogP contribution in [0.1, 0.15) is 36.0 Å². The zero-order valence-corrected chi connectivity index (χ0v) is 11.5. The summed E-state index contributed by atoms with van der Waals surface area (Å²) in [5, 5.41) is 3.61. The van der Waals surface area contributed by atoms with Crippen LogP contribution in [-0.4, -0.2) is 35.5 Å². The number of carbonyl (C=O) groups excluding carboxylic acids is 1. The maximum absolute atomic E-state index is 12.2. The topological polar surface area (TPSA) is 69.0 Å². The van der Waals surface area contributed by atoms with Crippen LogP contribution < -0.4 is 0 Å². The van der Waals surface area contributed by atoms with E-state index in [0.29, 0.717) is 18.4 Å². The maximum Gasteiger partial charge on any atom is 0.169 e. The Morgan fingerprint density at radius 2 is 2.17 bits per heavy atom. The SMILES string of the molecule is Cn1cc(C(=O)C2CCCC(S(C)(=O)=O)C2)cn1. The van der Waals surface area contributed by atoms with Gasteiger partial charge in [-0.1, -0.05) is 6.42 Å². The first-order chi connectivity index (χ1) is 8.38. The normalized spacial score (nSPS) is 25.0. The predicted molar refractivity (Wildman–Crippen MR) is 68.1 cm³/mol. The second-order valence-electron chi connectivity index (χ2n) is 5.08. The average molecular weight is 270 g/mol. The molecular formula is C12H18N2O3S. The fourth-order valence-corrected chi connectivity index (χ4v) is 3.73. The Hall–Kier alpha value is -1.17. The van der Waals surface area contributed by atoms with Crippen molar-refractivity contribution >= 4 is 15.6 Å². The van der Waals surface area contributed by atoms with Crippen molar-refractivity contribution in [2.75, 3.05) is 6.26 Å². The van der Waals surface area contributed by atoms with E-state index in [0.717, 1.165) is 12.8 Å². The van der Waals surface area contributed by atoms with Crippen molar-refractivity contribution in [3.8, 4) is 0 Å².